The summed E-state index contributed by atoms with van der Waals surface area (Å²) in [6.07, 6.45) is 1.95. The normalized spacial score (nSPS) is 12.2. The number of hydrogen-bond acceptors (Lipinski definition) is 4. The molecule has 0 aliphatic rings. The van der Waals surface area contributed by atoms with Crippen LogP contribution in [-0.2, 0) is 12.0 Å². The quantitative estimate of drug-likeness (QED) is 0.391. The molecule has 2 aromatic heterocycles. The van der Waals surface area contributed by atoms with E-state index in [1.54, 1.807) is 7.05 Å². The van der Waals surface area contributed by atoms with E-state index in [0.717, 1.165) is 17.2 Å². The number of guanidine groups is 1. The van der Waals surface area contributed by atoms with Gasteiger partial charge in [0.15, 0.2) is 17.4 Å². The summed E-state index contributed by atoms with van der Waals surface area (Å²) in [5, 5.41) is 14.9. The van der Waals surface area contributed by atoms with Crippen LogP contribution in [0.25, 0.3) is 5.65 Å². The molecule has 0 saturated heterocycles. The SMILES string of the molecule is CN=C(NCCOc1ccccc1C(C)(C)C)NCc1nnc2ccccn12. The number of fused-ring (bicyclic) bond motifs is 1. The minimum Gasteiger partial charge on any atom is -0.491 e. The van der Waals surface area contributed by atoms with E-state index < -0.39 is 0 Å². The molecule has 0 unspecified atom stereocenters. The number of aromatic nitrogens is 3. The van der Waals surface area contributed by atoms with Gasteiger partial charge in [-0.1, -0.05) is 45.0 Å². The summed E-state index contributed by atoms with van der Waals surface area (Å²) in [7, 11) is 1.74. The first kappa shape index (κ1) is 19.7. The Hall–Kier alpha value is -3.09. The Balaban J connectivity index is 1.49. The van der Waals surface area contributed by atoms with Crippen LogP contribution in [-0.4, -0.2) is 40.8 Å². The third-order valence-corrected chi connectivity index (χ3v) is 4.37. The second-order valence-corrected chi connectivity index (χ2v) is 7.49. The highest BCUT2D eigenvalue weighted by Gasteiger charge is 2.18. The van der Waals surface area contributed by atoms with Crippen LogP contribution in [0.1, 0.15) is 32.2 Å². The van der Waals surface area contributed by atoms with Crippen LogP contribution in [0.5, 0.6) is 5.75 Å². The van der Waals surface area contributed by atoms with Gasteiger partial charge in [-0.25, -0.2) is 0 Å². The van der Waals surface area contributed by atoms with Gasteiger partial charge in [-0.2, -0.15) is 0 Å². The first-order chi connectivity index (χ1) is 13.5. The lowest BCUT2D eigenvalue weighted by atomic mass is 9.86. The Morgan fingerprint density at radius 3 is 2.64 bits per heavy atom. The number of pyridine rings is 1. The first-order valence-corrected chi connectivity index (χ1v) is 9.44. The molecule has 0 bridgehead atoms. The second kappa shape index (κ2) is 8.73. The Morgan fingerprint density at radius 1 is 1.07 bits per heavy atom. The zero-order chi connectivity index (χ0) is 20.0. The molecule has 0 aliphatic carbocycles. The number of rotatable bonds is 6. The van der Waals surface area contributed by atoms with E-state index in [2.05, 4.69) is 52.7 Å². The lowest BCUT2D eigenvalue weighted by Gasteiger charge is -2.22. The van der Waals surface area contributed by atoms with Crippen LogP contribution in [0.3, 0.4) is 0 Å². The fourth-order valence-corrected chi connectivity index (χ4v) is 2.94. The Labute approximate surface area is 165 Å². The topological polar surface area (TPSA) is 75.8 Å². The zero-order valence-corrected chi connectivity index (χ0v) is 16.9. The fourth-order valence-electron chi connectivity index (χ4n) is 2.94. The van der Waals surface area contributed by atoms with Crippen molar-refractivity contribution in [3.8, 4) is 5.75 Å². The van der Waals surface area contributed by atoms with Crippen molar-refractivity contribution in [3.05, 3.63) is 60.0 Å². The maximum Gasteiger partial charge on any atom is 0.191 e. The molecule has 0 aliphatic heterocycles. The summed E-state index contributed by atoms with van der Waals surface area (Å²) in [6.45, 7) is 8.27. The lowest BCUT2D eigenvalue weighted by molar-refractivity contribution is 0.313. The van der Waals surface area contributed by atoms with Gasteiger partial charge in [0.25, 0.3) is 0 Å². The monoisotopic (exact) mass is 380 g/mol. The fraction of sp³-hybridized carbons (Fsp3) is 0.381. The standard InChI is InChI=1S/C21H28N6O/c1-21(2,3)16-9-5-6-10-17(16)28-14-12-23-20(22-4)24-15-19-26-25-18-11-7-8-13-27(18)19/h5-11,13H,12,14-15H2,1-4H3,(H2,22,23,24). The molecule has 1 aromatic carbocycles. The van der Waals surface area contributed by atoms with Gasteiger partial charge in [0.2, 0.25) is 0 Å². The molecule has 148 valence electrons. The van der Waals surface area contributed by atoms with Crippen molar-refractivity contribution in [2.45, 2.75) is 32.7 Å². The predicted molar refractivity (Wildman–Crippen MR) is 112 cm³/mol. The molecule has 0 amide bonds. The molecule has 0 radical (unpaired) electrons. The molecule has 0 atom stereocenters. The molecule has 2 N–H and O–H groups in total. The van der Waals surface area contributed by atoms with E-state index in [9.17, 15) is 0 Å². The van der Waals surface area contributed by atoms with Crippen molar-refractivity contribution < 1.29 is 4.74 Å². The van der Waals surface area contributed by atoms with Crippen LogP contribution < -0.4 is 15.4 Å². The van der Waals surface area contributed by atoms with E-state index in [1.807, 2.05) is 47.0 Å². The highest BCUT2D eigenvalue weighted by molar-refractivity contribution is 5.79. The van der Waals surface area contributed by atoms with Crippen LogP contribution in [0.2, 0.25) is 0 Å². The van der Waals surface area contributed by atoms with Gasteiger partial charge in [-0.05, 0) is 29.2 Å². The van der Waals surface area contributed by atoms with Crippen LogP contribution in [0.15, 0.2) is 53.7 Å². The molecule has 3 rings (SSSR count). The third kappa shape index (κ3) is 4.79. The van der Waals surface area contributed by atoms with Crippen molar-refractivity contribution in [1.82, 2.24) is 25.2 Å². The van der Waals surface area contributed by atoms with Gasteiger partial charge < -0.3 is 15.4 Å². The van der Waals surface area contributed by atoms with E-state index in [4.69, 9.17) is 4.74 Å². The summed E-state index contributed by atoms with van der Waals surface area (Å²) in [5.74, 6) is 2.45. The van der Waals surface area contributed by atoms with E-state index in [0.29, 0.717) is 25.7 Å². The molecule has 28 heavy (non-hydrogen) atoms. The van der Waals surface area contributed by atoms with Crippen LogP contribution >= 0.6 is 0 Å². The third-order valence-electron chi connectivity index (χ3n) is 4.37. The summed E-state index contributed by atoms with van der Waals surface area (Å²) in [6, 6.07) is 14.0. The molecule has 0 fully saturated rings. The molecule has 0 saturated carbocycles. The maximum absolute atomic E-state index is 5.99. The van der Waals surface area contributed by atoms with Gasteiger partial charge in [-0.3, -0.25) is 9.39 Å². The highest BCUT2D eigenvalue weighted by Crippen LogP contribution is 2.30. The number of nitrogens with one attached hydrogen (secondary N) is 2. The van der Waals surface area contributed by atoms with Gasteiger partial charge in [0.1, 0.15) is 12.4 Å². The van der Waals surface area contributed by atoms with Crippen molar-refractivity contribution >= 4 is 11.6 Å². The first-order valence-electron chi connectivity index (χ1n) is 9.44. The molecular formula is C21H28N6O. The Bertz CT molecular complexity index is 941. The summed E-state index contributed by atoms with van der Waals surface area (Å²) >= 11 is 0. The molecule has 7 nitrogen and oxygen atoms in total. The average molecular weight is 380 g/mol. The minimum absolute atomic E-state index is 0.0443. The predicted octanol–water partition coefficient (Wildman–Crippen LogP) is 2.77. The number of nitrogens with zero attached hydrogens (tertiary/aromatic N) is 4. The number of hydrogen-bond donors (Lipinski definition) is 2. The van der Waals surface area contributed by atoms with Crippen LogP contribution in [0, 0.1) is 0 Å². The van der Waals surface area contributed by atoms with Gasteiger partial charge in [-0.15, -0.1) is 10.2 Å². The van der Waals surface area contributed by atoms with E-state index in [1.165, 1.54) is 5.56 Å². The number of ether oxygens (including phenoxy) is 1. The van der Waals surface area contributed by atoms with Gasteiger partial charge in [0.05, 0.1) is 13.1 Å². The lowest BCUT2D eigenvalue weighted by Crippen LogP contribution is -2.39. The Kier molecular flexibility index (Phi) is 6.13. The van der Waals surface area contributed by atoms with Crippen molar-refractivity contribution in [2.75, 3.05) is 20.2 Å². The Morgan fingerprint density at radius 2 is 1.86 bits per heavy atom. The molecular weight excluding hydrogens is 352 g/mol. The number of aliphatic imine (C=N–C) groups is 1. The molecule has 2 heterocycles. The van der Waals surface area contributed by atoms with Crippen molar-refractivity contribution in [2.24, 2.45) is 4.99 Å². The van der Waals surface area contributed by atoms with E-state index >= 15 is 0 Å². The van der Waals surface area contributed by atoms with Crippen molar-refractivity contribution in [3.63, 3.8) is 0 Å². The van der Waals surface area contributed by atoms with Gasteiger partial charge >= 0.3 is 0 Å². The van der Waals surface area contributed by atoms with Gasteiger partial charge in [0, 0.05) is 13.2 Å². The average Bonchev–Trinajstić information content (AvgIpc) is 3.10. The summed E-state index contributed by atoms with van der Waals surface area (Å²) < 4.78 is 7.95. The van der Waals surface area contributed by atoms with Crippen molar-refractivity contribution in [1.29, 1.82) is 0 Å². The summed E-state index contributed by atoms with van der Waals surface area (Å²) in [5.41, 5.74) is 2.08. The number of benzene rings is 1. The second-order valence-electron chi connectivity index (χ2n) is 7.49. The minimum atomic E-state index is 0.0443. The smallest absolute Gasteiger partial charge is 0.191 e. The zero-order valence-electron chi connectivity index (χ0n) is 16.9. The largest absolute Gasteiger partial charge is 0.491 e. The van der Waals surface area contributed by atoms with E-state index in [-0.39, 0.29) is 5.41 Å². The molecule has 0 spiro atoms. The molecule has 7 heteroatoms. The highest BCUT2D eigenvalue weighted by atomic mass is 16.5. The molecule has 3 aromatic rings. The van der Waals surface area contributed by atoms with Crippen LogP contribution in [0.4, 0.5) is 0 Å². The summed E-state index contributed by atoms with van der Waals surface area (Å²) in [4.78, 5) is 4.25. The number of para-hydroxylation sites is 1. The maximum atomic E-state index is 5.99.